The van der Waals surface area contributed by atoms with Crippen LogP contribution in [0.15, 0.2) is 42.5 Å². The lowest BCUT2D eigenvalue weighted by Gasteiger charge is -2.21. The van der Waals surface area contributed by atoms with Gasteiger partial charge in [0.05, 0.1) is 7.11 Å². The molecule has 0 aliphatic carbocycles. The largest absolute Gasteiger partial charge is 0.497 e. The van der Waals surface area contributed by atoms with E-state index in [4.69, 9.17) is 4.74 Å². The lowest BCUT2D eigenvalue weighted by atomic mass is 9.93. The minimum absolute atomic E-state index is 0.309. The van der Waals surface area contributed by atoms with Gasteiger partial charge in [0.1, 0.15) is 35.2 Å². The first-order valence-electron chi connectivity index (χ1n) is 9.24. The summed E-state index contributed by atoms with van der Waals surface area (Å²) >= 11 is 0. The lowest BCUT2D eigenvalue weighted by molar-refractivity contribution is -0.133. The molecule has 2 N–H and O–H groups in total. The zero-order valence-electron chi connectivity index (χ0n) is 16.5. The number of hydrogen-bond acceptors (Lipinski definition) is 4. The van der Waals surface area contributed by atoms with Crippen molar-refractivity contribution in [3.63, 3.8) is 0 Å². The van der Waals surface area contributed by atoms with Gasteiger partial charge in [-0.25, -0.2) is 13.6 Å². The van der Waals surface area contributed by atoms with Gasteiger partial charge in [0.25, 0.3) is 5.91 Å². The second kappa shape index (κ2) is 8.48. The average molecular weight is 417 g/mol. The Morgan fingerprint density at radius 1 is 1.13 bits per heavy atom. The second-order valence-electron chi connectivity index (χ2n) is 7.15. The number of benzene rings is 2. The Morgan fingerprint density at radius 3 is 2.37 bits per heavy atom. The van der Waals surface area contributed by atoms with E-state index in [-0.39, 0.29) is 0 Å². The summed E-state index contributed by atoms with van der Waals surface area (Å²) in [7, 11) is 1.56. The quantitative estimate of drug-likeness (QED) is 0.679. The predicted molar refractivity (Wildman–Crippen MR) is 105 cm³/mol. The van der Waals surface area contributed by atoms with Crippen LogP contribution in [0.3, 0.4) is 0 Å². The van der Waals surface area contributed by atoms with E-state index in [0.29, 0.717) is 18.6 Å². The first-order valence-corrected chi connectivity index (χ1v) is 9.24. The highest BCUT2D eigenvalue weighted by atomic mass is 19.1. The van der Waals surface area contributed by atoms with Crippen molar-refractivity contribution in [3.8, 4) is 5.75 Å². The summed E-state index contributed by atoms with van der Waals surface area (Å²) in [4.78, 5) is 38.0. The molecule has 0 spiro atoms. The Labute approximate surface area is 172 Å². The molecule has 0 aromatic heterocycles. The molecule has 3 rings (SSSR count). The third-order valence-corrected chi connectivity index (χ3v) is 4.95. The number of halogens is 2. The summed E-state index contributed by atoms with van der Waals surface area (Å²) in [6, 6.07) is 9.71. The van der Waals surface area contributed by atoms with Crippen molar-refractivity contribution in [2.45, 2.75) is 25.3 Å². The highest BCUT2D eigenvalue weighted by Gasteiger charge is 2.47. The monoisotopic (exact) mass is 417 g/mol. The molecule has 0 bridgehead atoms. The minimum Gasteiger partial charge on any atom is -0.497 e. The van der Waals surface area contributed by atoms with E-state index in [1.165, 1.54) is 0 Å². The number of aryl methyl sites for hydroxylation is 1. The molecule has 1 aliphatic heterocycles. The number of amides is 4. The van der Waals surface area contributed by atoms with E-state index in [2.05, 4.69) is 10.6 Å². The van der Waals surface area contributed by atoms with Crippen molar-refractivity contribution in [1.29, 1.82) is 0 Å². The fraction of sp³-hybridized carbons (Fsp3) is 0.286. The molecule has 30 heavy (non-hydrogen) atoms. The number of imide groups is 1. The molecule has 1 fully saturated rings. The summed E-state index contributed by atoms with van der Waals surface area (Å²) in [5.74, 6) is -2.67. The number of para-hydroxylation sites is 1. The van der Waals surface area contributed by atoms with Crippen LogP contribution in [0.5, 0.6) is 5.75 Å². The average Bonchev–Trinajstić information content (AvgIpc) is 2.93. The van der Waals surface area contributed by atoms with Gasteiger partial charge in [-0.3, -0.25) is 14.5 Å². The van der Waals surface area contributed by atoms with Crippen molar-refractivity contribution in [3.05, 3.63) is 59.7 Å². The number of carbonyl (C=O) groups is 3. The van der Waals surface area contributed by atoms with Gasteiger partial charge < -0.3 is 15.4 Å². The molecule has 1 aliphatic rings. The van der Waals surface area contributed by atoms with Gasteiger partial charge in [-0.1, -0.05) is 18.2 Å². The minimum atomic E-state index is -1.19. The Hall–Kier alpha value is -3.49. The second-order valence-corrected chi connectivity index (χ2v) is 7.15. The van der Waals surface area contributed by atoms with E-state index in [9.17, 15) is 23.2 Å². The Morgan fingerprint density at radius 2 is 1.77 bits per heavy atom. The number of nitrogens with one attached hydrogen (secondary N) is 2. The zero-order chi connectivity index (χ0) is 21.9. The molecule has 1 atom stereocenters. The third kappa shape index (κ3) is 4.40. The Balaban J connectivity index is 1.63. The lowest BCUT2D eigenvalue weighted by Crippen LogP contribution is -2.45. The smallest absolute Gasteiger partial charge is 0.325 e. The van der Waals surface area contributed by atoms with Crippen molar-refractivity contribution >= 4 is 23.5 Å². The Kier molecular flexibility index (Phi) is 6.00. The number of urea groups is 1. The summed E-state index contributed by atoms with van der Waals surface area (Å²) in [5.41, 5.74) is -0.873. The molecule has 9 heteroatoms. The molecular formula is C21H21F2N3O4. The maximum absolute atomic E-state index is 13.7. The maximum Gasteiger partial charge on any atom is 0.325 e. The number of methoxy groups -OCH3 is 1. The molecule has 7 nitrogen and oxygen atoms in total. The van der Waals surface area contributed by atoms with Crippen LogP contribution in [0.25, 0.3) is 0 Å². The molecule has 0 radical (unpaired) electrons. The fourth-order valence-electron chi connectivity index (χ4n) is 3.19. The van der Waals surface area contributed by atoms with Crippen LogP contribution in [0, 0.1) is 11.6 Å². The van der Waals surface area contributed by atoms with Crippen LogP contribution in [0.4, 0.5) is 19.3 Å². The van der Waals surface area contributed by atoms with Crippen molar-refractivity contribution in [2.24, 2.45) is 0 Å². The molecule has 2 aromatic rings. The number of ether oxygens (including phenoxy) is 1. The third-order valence-electron chi connectivity index (χ3n) is 4.95. The first-order chi connectivity index (χ1) is 14.2. The van der Waals surface area contributed by atoms with E-state index in [0.717, 1.165) is 28.7 Å². The Bertz CT molecular complexity index is 960. The summed E-state index contributed by atoms with van der Waals surface area (Å²) in [6.07, 6.45) is 0.816. The molecular weight excluding hydrogens is 396 g/mol. The van der Waals surface area contributed by atoms with Crippen LogP contribution in [-0.4, -0.2) is 41.9 Å². The van der Waals surface area contributed by atoms with Gasteiger partial charge in [0.2, 0.25) is 5.91 Å². The van der Waals surface area contributed by atoms with E-state index in [1.807, 2.05) is 12.1 Å². The summed E-state index contributed by atoms with van der Waals surface area (Å²) < 4.78 is 32.5. The molecule has 1 saturated heterocycles. The summed E-state index contributed by atoms with van der Waals surface area (Å²) in [5, 5.41) is 4.67. The van der Waals surface area contributed by atoms with Crippen LogP contribution in [0.2, 0.25) is 0 Å². The van der Waals surface area contributed by atoms with Gasteiger partial charge in [-0.05, 0) is 49.6 Å². The maximum atomic E-state index is 13.7. The number of anilines is 1. The zero-order valence-corrected chi connectivity index (χ0v) is 16.5. The van der Waals surface area contributed by atoms with Crippen molar-refractivity contribution in [2.75, 3.05) is 19.0 Å². The van der Waals surface area contributed by atoms with Crippen LogP contribution < -0.4 is 15.4 Å². The molecule has 0 saturated carbocycles. The van der Waals surface area contributed by atoms with Crippen LogP contribution in [-0.2, 0) is 16.0 Å². The van der Waals surface area contributed by atoms with E-state index >= 15 is 0 Å². The highest BCUT2D eigenvalue weighted by molar-refractivity contribution is 6.09. The topological polar surface area (TPSA) is 87.7 Å². The number of carbonyl (C=O) groups excluding carboxylic acids is 3. The standard InChI is InChI=1S/C21H21F2N3O4/c1-21(11-10-13-6-8-14(30-2)9-7-13)19(28)26(20(29)25-21)12-17(27)24-18-15(22)4-3-5-16(18)23/h3-9H,10-12H2,1-2H3,(H,24,27)(H,25,29)/t21-/m1/s1. The van der Waals surface area contributed by atoms with Gasteiger partial charge in [-0.2, -0.15) is 0 Å². The molecule has 158 valence electrons. The summed E-state index contributed by atoms with van der Waals surface area (Å²) in [6.45, 7) is 0.918. The predicted octanol–water partition coefficient (Wildman–Crippen LogP) is 2.86. The number of nitrogens with zero attached hydrogens (tertiary/aromatic N) is 1. The normalized spacial score (nSPS) is 18.3. The molecule has 0 unspecified atom stereocenters. The van der Waals surface area contributed by atoms with Gasteiger partial charge in [-0.15, -0.1) is 0 Å². The van der Waals surface area contributed by atoms with E-state index in [1.54, 1.807) is 26.2 Å². The highest BCUT2D eigenvalue weighted by Crippen LogP contribution is 2.24. The number of hydrogen-bond donors (Lipinski definition) is 2. The van der Waals surface area contributed by atoms with Gasteiger partial charge in [0, 0.05) is 0 Å². The molecule has 4 amide bonds. The van der Waals surface area contributed by atoms with Crippen LogP contribution >= 0.6 is 0 Å². The van der Waals surface area contributed by atoms with Gasteiger partial charge >= 0.3 is 6.03 Å². The van der Waals surface area contributed by atoms with E-state index < -0.39 is 47.3 Å². The first kappa shape index (κ1) is 21.2. The van der Waals surface area contributed by atoms with Gasteiger partial charge in [0.15, 0.2) is 0 Å². The SMILES string of the molecule is COc1ccc(CC[C@@]2(C)NC(=O)N(CC(=O)Nc3c(F)cccc3F)C2=O)cc1. The molecule has 1 heterocycles. The van der Waals surface area contributed by atoms with Crippen molar-refractivity contribution < 1.29 is 27.9 Å². The fourth-order valence-corrected chi connectivity index (χ4v) is 3.19. The molecule has 2 aromatic carbocycles. The number of rotatable bonds is 7. The van der Waals surface area contributed by atoms with Crippen LogP contribution in [0.1, 0.15) is 18.9 Å². The van der Waals surface area contributed by atoms with Crippen molar-refractivity contribution in [1.82, 2.24) is 10.2 Å².